The monoisotopic (exact) mass is 281 g/mol. The van der Waals surface area contributed by atoms with E-state index in [1.54, 1.807) is 0 Å². The van der Waals surface area contributed by atoms with Crippen molar-refractivity contribution in [3.63, 3.8) is 0 Å². The lowest BCUT2D eigenvalue weighted by Gasteiger charge is -2.22. The summed E-state index contributed by atoms with van der Waals surface area (Å²) in [4.78, 5) is 0. The first-order valence-corrected chi connectivity index (χ1v) is 7.74. The Kier molecular flexibility index (Phi) is 4.37. The van der Waals surface area contributed by atoms with E-state index in [0.717, 1.165) is 19.4 Å². The van der Waals surface area contributed by atoms with Crippen LogP contribution in [0.25, 0.3) is 0 Å². The van der Waals surface area contributed by atoms with E-state index < -0.39 is 0 Å². The zero-order valence-electron chi connectivity index (χ0n) is 12.5. The summed E-state index contributed by atoms with van der Waals surface area (Å²) in [6, 6.07) is 19.4. The van der Waals surface area contributed by atoms with Gasteiger partial charge in [-0.05, 0) is 36.5 Å². The molecular weight excluding hydrogens is 258 g/mol. The Hall–Kier alpha value is -1.64. The molecule has 110 valence electrons. The minimum Gasteiger partial charge on any atom is -0.378 e. The standard InChI is InChI=1S/C19H23NO/c1-14-18(11-12-21-14)19(20)17-9-7-16(8-10-17)13-15-5-3-2-4-6-15/h2-10,14,18-19H,11-13,20H2,1H3. The lowest BCUT2D eigenvalue weighted by molar-refractivity contribution is 0.0995. The Morgan fingerprint density at radius 3 is 2.33 bits per heavy atom. The van der Waals surface area contributed by atoms with E-state index in [4.69, 9.17) is 10.5 Å². The Labute approximate surface area is 126 Å². The van der Waals surface area contributed by atoms with Gasteiger partial charge in [-0.3, -0.25) is 0 Å². The fourth-order valence-corrected chi connectivity index (χ4v) is 3.16. The molecule has 1 aliphatic rings. The molecular formula is C19H23NO. The van der Waals surface area contributed by atoms with Gasteiger partial charge in [0, 0.05) is 18.6 Å². The number of ether oxygens (including phenoxy) is 1. The number of nitrogens with two attached hydrogens (primary N) is 1. The SMILES string of the molecule is CC1OCCC1C(N)c1ccc(Cc2ccccc2)cc1. The van der Waals surface area contributed by atoms with Gasteiger partial charge >= 0.3 is 0 Å². The first kappa shape index (κ1) is 14.3. The maximum Gasteiger partial charge on any atom is 0.0594 e. The summed E-state index contributed by atoms with van der Waals surface area (Å²) in [6.07, 6.45) is 2.30. The van der Waals surface area contributed by atoms with Crippen LogP contribution in [0.2, 0.25) is 0 Å². The second-order valence-electron chi connectivity index (χ2n) is 5.96. The number of benzene rings is 2. The van der Waals surface area contributed by atoms with Crippen molar-refractivity contribution in [1.29, 1.82) is 0 Å². The summed E-state index contributed by atoms with van der Waals surface area (Å²) in [5.41, 5.74) is 10.3. The van der Waals surface area contributed by atoms with Crippen molar-refractivity contribution in [2.24, 2.45) is 11.7 Å². The third-order valence-electron chi connectivity index (χ3n) is 4.51. The molecule has 1 fully saturated rings. The second-order valence-corrected chi connectivity index (χ2v) is 5.96. The molecule has 1 saturated heterocycles. The van der Waals surface area contributed by atoms with E-state index in [9.17, 15) is 0 Å². The molecule has 3 atom stereocenters. The van der Waals surface area contributed by atoms with Gasteiger partial charge < -0.3 is 10.5 Å². The summed E-state index contributed by atoms with van der Waals surface area (Å²) in [5, 5.41) is 0. The van der Waals surface area contributed by atoms with Crippen LogP contribution in [-0.4, -0.2) is 12.7 Å². The lowest BCUT2D eigenvalue weighted by Crippen LogP contribution is -2.26. The molecule has 0 saturated carbocycles. The van der Waals surface area contributed by atoms with Crippen LogP contribution in [0.3, 0.4) is 0 Å². The zero-order valence-corrected chi connectivity index (χ0v) is 12.5. The van der Waals surface area contributed by atoms with Gasteiger partial charge in [0.2, 0.25) is 0 Å². The van der Waals surface area contributed by atoms with Crippen molar-refractivity contribution in [1.82, 2.24) is 0 Å². The van der Waals surface area contributed by atoms with Crippen LogP contribution in [0.1, 0.15) is 36.1 Å². The molecule has 1 heterocycles. The molecule has 2 N–H and O–H groups in total. The number of hydrogen-bond acceptors (Lipinski definition) is 2. The minimum absolute atomic E-state index is 0.0771. The Bertz CT molecular complexity index is 564. The highest BCUT2D eigenvalue weighted by Crippen LogP contribution is 2.31. The molecule has 1 aliphatic heterocycles. The quantitative estimate of drug-likeness (QED) is 0.927. The van der Waals surface area contributed by atoms with Crippen molar-refractivity contribution >= 4 is 0 Å². The van der Waals surface area contributed by atoms with E-state index in [0.29, 0.717) is 5.92 Å². The molecule has 2 nitrogen and oxygen atoms in total. The number of rotatable bonds is 4. The minimum atomic E-state index is 0.0771. The van der Waals surface area contributed by atoms with E-state index in [-0.39, 0.29) is 12.1 Å². The van der Waals surface area contributed by atoms with Crippen LogP contribution in [0.15, 0.2) is 54.6 Å². The fourth-order valence-electron chi connectivity index (χ4n) is 3.16. The fraction of sp³-hybridized carbons (Fsp3) is 0.368. The highest BCUT2D eigenvalue weighted by molar-refractivity contribution is 5.30. The molecule has 3 rings (SSSR count). The van der Waals surface area contributed by atoms with Gasteiger partial charge in [0.05, 0.1) is 6.10 Å². The zero-order chi connectivity index (χ0) is 14.7. The van der Waals surface area contributed by atoms with Gasteiger partial charge in [-0.1, -0.05) is 54.6 Å². The molecule has 0 radical (unpaired) electrons. The predicted octanol–water partition coefficient (Wildman–Crippen LogP) is 3.70. The molecule has 2 aromatic rings. The average molecular weight is 281 g/mol. The molecule has 0 aromatic heterocycles. The van der Waals surface area contributed by atoms with E-state index in [1.165, 1.54) is 16.7 Å². The predicted molar refractivity (Wildman–Crippen MR) is 86.1 cm³/mol. The second kappa shape index (κ2) is 6.42. The Morgan fingerprint density at radius 1 is 1.05 bits per heavy atom. The van der Waals surface area contributed by atoms with Gasteiger partial charge in [-0.2, -0.15) is 0 Å². The van der Waals surface area contributed by atoms with Crippen LogP contribution in [0.5, 0.6) is 0 Å². The van der Waals surface area contributed by atoms with Gasteiger partial charge in [0.15, 0.2) is 0 Å². The molecule has 0 spiro atoms. The molecule has 0 aliphatic carbocycles. The summed E-state index contributed by atoms with van der Waals surface area (Å²) in [7, 11) is 0. The van der Waals surface area contributed by atoms with E-state index in [2.05, 4.69) is 61.5 Å². The summed E-state index contributed by atoms with van der Waals surface area (Å²) < 4.78 is 5.63. The first-order valence-electron chi connectivity index (χ1n) is 7.74. The Balaban J connectivity index is 1.69. The van der Waals surface area contributed by atoms with E-state index >= 15 is 0 Å². The van der Waals surface area contributed by atoms with Crippen molar-refractivity contribution in [2.75, 3.05) is 6.61 Å². The van der Waals surface area contributed by atoms with Gasteiger partial charge in [0.25, 0.3) is 0 Å². The van der Waals surface area contributed by atoms with Gasteiger partial charge in [0.1, 0.15) is 0 Å². The van der Waals surface area contributed by atoms with Crippen LogP contribution >= 0.6 is 0 Å². The first-order chi connectivity index (χ1) is 10.2. The topological polar surface area (TPSA) is 35.2 Å². The summed E-state index contributed by atoms with van der Waals surface area (Å²) >= 11 is 0. The summed E-state index contributed by atoms with van der Waals surface area (Å²) in [5.74, 6) is 0.435. The highest BCUT2D eigenvalue weighted by Gasteiger charge is 2.30. The normalized spacial score (nSPS) is 23.1. The van der Waals surface area contributed by atoms with Crippen molar-refractivity contribution in [3.05, 3.63) is 71.3 Å². The summed E-state index contributed by atoms with van der Waals surface area (Å²) in [6.45, 7) is 2.97. The average Bonchev–Trinajstić information content (AvgIpc) is 2.94. The van der Waals surface area contributed by atoms with Crippen LogP contribution in [0, 0.1) is 5.92 Å². The van der Waals surface area contributed by atoms with Crippen molar-refractivity contribution < 1.29 is 4.74 Å². The maximum absolute atomic E-state index is 6.41. The van der Waals surface area contributed by atoms with Crippen LogP contribution in [-0.2, 0) is 11.2 Å². The molecule has 21 heavy (non-hydrogen) atoms. The Morgan fingerprint density at radius 2 is 1.71 bits per heavy atom. The largest absolute Gasteiger partial charge is 0.378 e. The van der Waals surface area contributed by atoms with Crippen LogP contribution in [0.4, 0.5) is 0 Å². The van der Waals surface area contributed by atoms with Gasteiger partial charge in [-0.25, -0.2) is 0 Å². The smallest absolute Gasteiger partial charge is 0.0594 e. The van der Waals surface area contributed by atoms with Crippen molar-refractivity contribution in [3.8, 4) is 0 Å². The molecule has 0 bridgehead atoms. The molecule has 3 unspecified atom stereocenters. The van der Waals surface area contributed by atoms with Crippen LogP contribution < -0.4 is 5.73 Å². The van der Waals surface area contributed by atoms with Crippen molar-refractivity contribution in [2.45, 2.75) is 31.9 Å². The molecule has 0 amide bonds. The maximum atomic E-state index is 6.41. The number of hydrogen-bond donors (Lipinski definition) is 1. The van der Waals surface area contributed by atoms with Gasteiger partial charge in [-0.15, -0.1) is 0 Å². The third-order valence-corrected chi connectivity index (χ3v) is 4.51. The van der Waals surface area contributed by atoms with E-state index in [1.807, 2.05) is 0 Å². The highest BCUT2D eigenvalue weighted by atomic mass is 16.5. The third kappa shape index (κ3) is 3.34. The molecule has 2 heteroatoms. The molecule has 2 aromatic carbocycles. The lowest BCUT2D eigenvalue weighted by atomic mass is 9.88.